The van der Waals surface area contributed by atoms with E-state index in [0.29, 0.717) is 0 Å². The Morgan fingerprint density at radius 2 is 1.82 bits per heavy atom. The molecule has 0 aromatic carbocycles. The van der Waals surface area contributed by atoms with E-state index in [4.69, 9.17) is 0 Å². The van der Waals surface area contributed by atoms with Crippen LogP contribution in [0.2, 0.25) is 0 Å². The molecule has 0 amide bonds. The highest BCUT2D eigenvalue weighted by Gasteiger charge is 2.18. The van der Waals surface area contributed by atoms with Crippen molar-refractivity contribution in [3.63, 3.8) is 0 Å². The van der Waals surface area contributed by atoms with Gasteiger partial charge in [0.05, 0.1) is 6.04 Å². The minimum Gasteiger partial charge on any atom is -0.293 e. The van der Waals surface area contributed by atoms with Gasteiger partial charge in [0, 0.05) is 0 Å². The zero-order valence-electron chi connectivity index (χ0n) is 7.50. The molecule has 0 unspecified atom stereocenters. The van der Waals surface area contributed by atoms with Crippen LogP contribution in [0.1, 0.15) is 27.2 Å². The molecule has 0 heterocycles. The molecule has 0 spiro atoms. The van der Waals surface area contributed by atoms with Crippen LogP contribution in [0.15, 0.2) is 0 Å². The van der Waals surface area contributed by atoms with E-state index >= 15 is 0 Å². The lowest BCUT2D eigenvalue weighted by Gasteiger charge is -2.25. The number of rotatable bonds is 5. The Bertz CT molecular complexity index is 123. The highest BCUT2D eigenvalue weighted by atomic mass is 32.1. The number of likely N-dealkylation sites (N-methyl/N-ethyl adjacent to an activating group) is 1. The first-order valence-electron chi connectivity index (χ1n) is 4.14. The van der Waals surface area contributed by atoms with Crippen LogP contribution in [0.25, 0.3) is 0 Å². The summed E-state index contributed by atoms with van der Waals surface area (Å²) in [6.45, 7) is 7.96. The normalized spacial score (nSPS) is 13.5. The average Bonchev–Trinajstić information content (AvgIpc) is 1.99. The summed E-state index contributed by atoms with van der Waals surface area (Å²) in [4.78, 5) is 13.1. The van der Waals surface area contributed by atoms with E-state index in [1.165, 1.54) is 0 Å². The van der Waals surface area contributed by atoms with E-state index in [0.717, 1.165) is 19.5 Å². The summed E-state index contributed by atoms with van der Waals surface area (Å²) >= 11 is 3.84. The molecule has 0 N–H and O–H groups in total. The van der Waals surface area contributed by atoms with Crippen molar-refractivity contribution in [1.82, 2.24) is 4.90 Å². The first-order chi connectivity index (χ1) is 5.17. The van der Waals surface area contributed by atoms with Crippen LogP contribution in [0, 0.1) is 0 Å². The molecule has 0 aliphatic rings. The summed E-state index contributed by atoms with van der Waals surface area (Å²) in [5.74, 6) is 0. The predicted molar refractivity (Wildman–Crippen MR) is 51.0 cm³/mol. The maximum atomic E-state index is 11.0. The highest BCUT2D eigenvalue weighted by molar-refractivity contribution is 7.96. The van der Waals surface area contributed by atoms with Crippen molar-refractivity contribution in [3.05, 3.63) is 0 Å². The quantitative estimate of drug-likeness (QED) is 0.640. The van der Waals surface area contributed by atoms with Gasteiger partial charge in [-0.3, -0.25) is 9.69 Å². The molecule has 0 bridgehead atoms. The molecule has 0 aromatic heterocycles. The van der Waals surface area contributed by atoms with E-state index < -0.39 is 0 Å². The third-order valence-corrected chi connectivity index (χ3v) is 2.22. The van der Waals surface area contributed by atoms with Crippen LogP contribution in [0.4, 0.5) is 0 Å². The molecule has 0 fully saturated rings. The molecule has 11 heavy (non-hydrogen) atoms. The van der Waals surface area contributed by atoms with Crippen LogP contribution in [0.3, 0.4) is 0 Å². The maximum Gasteiger partial charge on any atom is 0.203 e. The first-order valence-corrected chi connectivity index (χ1v) is 4.58. The Kier molecular flexibility index (Phi) is 5.60. The second kappa shape index (κ2) is 5.61. The lowest BCUT2D eigenvalue weighted by Crippen LogP contribution is -2.38. The molecule has 0 saturated heterocycles. The van der Waals surface area contributed by atoms with Crippen molar-refractivity contribution in [2.45, 2.75) is 33.2 Å². The fraction of sp³-hybridized carbons (Fsp3) is 0.875. The number of hydrogen-bond acceptors (Lipinski definition) is 2. The van der Waals surface area contributed by atoms with E-state index in [-0.39, 0.29) is 11.2 Å². The monoisotopic (exact) mass is 175 g/mol. The van der Waals surface area contributed by atoms with Gasteiger partial charge in [0.1, 0.15) is 0 Å². The fourth-order valence-electron chi connectivity index (χ4n) is 1.25. The lowest BCUT2D eigenvalue weighted by molar-refractivity contribution is -0.115. The lowest BCUT2D eigenvalue weighted by atomic mass is 10.2. The molecule has 0 aromatic rings. The Morgan fingerprint density at radius 1 is 1.36 bits per heavy atom. The third-order valence-electron chi connectivity index (χ3n) is 1.92. The molecule has 0 saturated carbocycles. The first kappa shape index (κ1) is 11.0. The summed E-state index contributed by atoms with van der Waals surface area (Å²) < 4.78 is 0. The number of nitrogens with zero attached hydrogens (tertiary/aromatic N) is 1. The molecule has 66 valence electrons. The molecule has 0 aliphatic carbocycles. The zero-order valence-corrected chi connectivity index (χ0v) is 8.40. The van der Waals surface area contributed by atoms with Gasteiger partial charge in [-0.25, -0.2) is 0 Å². The van der Waals surface area contributed by atoms with E-state index in [2.05, 4.69) is 31.4 Å². The van der Waals surface area contributed by atoms with Crippen molar-refractivity contribution in [2.75, 3.05) is 13.1 Å². The van der Waals surface area contributed by atoms with Gasteiger partial charge in [-0.15, -0.1) is 12.6 Å². The summed E-state index contributed by atoms with van der Waals surface area (Å²) in [5.41, 5.74) is 0. The third kappa shape index (κ3) is 3.25. The SMILES string of the molecule is CC[C@@H](C(=O)S)N(CC)CC. The number of hydrogen-bond donors (Lipinski definition) is 1. The highest BCUT2D eigenvalue weighted by Crippen LogP contribution is 2.06. The molecule has 3 heteroatoms. The van der Waals surface area contributed by atoms with E-state index in [1.807, 2.05) is 6.92 Å². The number of carbonyl (C=O) groups is 1. The van der Waals surface area contributed by atoms with Gasteiger partial charge >= 0.3 is 0 Å². The van der Waals surface area contributed by atoms with Crippen molar-refractivity contribution >= 4 is 17.7 Å². The average molecular weight is 175 g/mol. The van der Waals surface area contributed by atoms with Crippen LogP contribution in [0.5, 0.6) is 0 Å². The smallest absolute Gasteiger partial charge is 0.203 e. The van der Waals surface area contributed by atoms with Gasteiger partial charge in [-0.05, 0) is 19.5 Å². The molecular formula is C8H17NOS. The fourth-order valence-corrected chi connectivity index (χ4v) is 1.60. The standard InChI is InChI=1S/C8H17NOS/c1-4-7(8(10)11)9(5-2)6-3/h7H,4-6H2,1-3H3,(H,10,11)/t7-/m0/s1. The van der Waals surface area contributed by atoms with Crippen molar-refractivity contribution in [3.8, 4) is 0 Å². The van der Waals surface area contributed by atoms with Crippen LogP contribution in [-0.2, 0) is 4.79 Å². The summed E-state index contributed by atoms with van der Waals surface area (Å²) in [5, 5.41) is -0.0174. The molecule has 0 radical (unpaired) electrons. The minimum atomic E-state index is -0.0174. The van der Waals surface area contributed by atoms with Gasteiger partial charge in [0.25, 0.3) is 0 Å². The second-order valence-electron chi connectivity index (χ2n) is 2.48. The van der Waals surface area contributed by atoms with Gasteiger partial charge in [0.2, 0.25) is 5.12 Å². The van der Waals surface area contributed by atoms with Crippen molar-refractivity contribution in [2.24, 2.45) is 0 Å². The van der Waals surface area contributed by atoms with Crippen molar-refractivity contribution in [1.29, 1.82) is 0 Å². The van der Waals surface area contributed by atoms with Gasteiger partial charge in [0.15, 0.2) is 0 Å². The Labute approximate surface area is 74.4 Å². The van der Waals surface area contributed by atoms with Crippen LogP contribution < -0.4 is 0 Å². The molecule has 1 atom stereocenters. The zero-order chi connectivity index (χ0) is 8.85. The summed E-state index contributed by atoms with van der Waals surface area (Å²) in [6, 6.07) is 0.00772. The van der Waals surface area contributed by atoms with Gasteiger partial charge in [-0.1, -0.05) is 20.8 Å². The molecular weight excluding hydrogens is 158 g/mol. The van der Waals surface area contributed by atoms with E-state index in [1.54, 1.807) is 0 Å². The molecule has 0 aliphatic heterocycles. The summed E-state index contributed by atoms with van der Waals surface area (Å²) in [6.07, 6.45) is 0.851. The van der Waals surface area contributed by atoms with Gasteiger partial charge < -0.3 is 0 Å². The molecule has 0 rings (SSSR count). The Balaban J connectivity index is 4.09. The van der Waals surface area contributed by atoms with Crippen molar-refractivity contribution < 1.29 is 4.79 Å². The minimum absolute atomic E-state index is 0.00772. The second-order valence-corrected chi connectivity index (χ2v) is 2.92. The van der Waals surface area contributed by atoms with Crippen LogP contribution >= 0.6 is 12.6 Å². The Morgan fingerprint density at radius 3 is 1.91 bits per heavy atom. The number of carbonyl (C=O) groups excluding carboxylic acids is 1. The van der Waals surface area contributed by atoms with Gasteiger partial charge in [-0.2, -0.15) is 0 Å². The largest absolute Gasteiger partial charge is 0.293 e. The topological polar surface area (TPSA) is 20.3 Å². The molecule has 2 nitrogen and oxygen atoms in total. The van der Waals surface area contributed by atoms with Crippen LogP contribution in [-0.4, -0.2) is 29.1 Å². The van der Waals surface area contributed by atoms with E-state index in [9.17, 15) is 4.79 Å². The maximum absolute atomic E-state index is 11.0. The number of thiol groups is 1. The predicted octanol–water partition coefficient (Wildman–Crippen LogP) is 1.56. The Hall–Kier alpha value is -0.0200. The summed E-state index contributed by atoms with van der Waals surface area (Å²) in [7, 11) is 0.